The van der Waals surface area contributed by atoms with Crippen molar-refractivity contribution in [2.75, 3.05) is 0 Å². The van der Waals surface area contributed by atoms with Crippen LogP contribution in [0.15, 0.2) is 30.0 Å². The van der Waals surface area contributed by atoms with Crippen LogP contribution in [-0.4, -0.2) is 0 Å². The van der Waals surface area contributed by atoms with Crippen LogP contribution in [0.5, 0.6) is 0 Å². The first-order valence-corrected chi connectivity index (χ1v) is 5.25. The lowest BCUT2D eigenvalue weighted by Gasteiger charge is -2.04. The molecule has 0 amide bonds. The first kappa shape index (κ1) is 12.3. The fourth-order valence-electron chi connectivity index (χ4n) is 1.30. The smallest absolute Gasteiger partial charge is 0.0177 e. The van der Waals surface area contributed by atoms with E-state index in [4.69, 9.17) is 0 Å². The molecule has 0 aromatic carbocycles. The van der Waals surface area contributed by atoms with Crippen molar-refractivity contribution < 1.29 is 0 Å². The average molecular weight is 178 g/mol. The van der Waals surface area contributed by atoms with Gasteiger partial charge in [-0.2, -0.15) is 0 Å². The molecule has 0 bridgehead atoms. The van der Waals surface area contributed by atoms with Crippen LogP contribution in [0, 0.1) is 5.92 Å². The van der Waals surface area contributed by atoms with Crippen molar-refractivity contribution in [3.8, 4) is 0 Å². The maximum atomic E-state index is 3.61. The summed E-state index contributed by atoms with van der Waals surface area (Å²) in [5, 5.41) is 0. The van der Waals surface area contributed by atoms with Gasteiger partial charge < -0.3 is 0 Å². The lowest BCUT2D eigenvalue weighted by molar-refractivity contribution is 0.647. The molecule has 0 heterocycles. The molecule has 0 aromatic rings. The van der Waals surface area contributed by atoms with Gasteiger partial charge in [-0.1, -0.05) is 46.3 Å². The van der Waals surface area contributed by atoms with Gasteiger partial charge in [0.05, 0.1) is 0 Å². The van der Waals surface area contributed by atoms with Gasteiger partial charge in [-0.05, 0) is 30.4 Å². The summed E-state index contributed by atoms with van der Waals surface area (Å²) in [6.45, 7) is 10.3. The quantitative estimate of drug-likeness (QED) is 0.319. The van der Waals surface area contributed by atoms with E-state index in [0.29, 0.717) is 0 Å². The minimum Gasteiger partial charge on any atom is -0.128 e. The molecule has 0 atom stereocenters. The zero-order chi connectivity index (χ0) is 10.1. The summed E-state index contributed by atoms with van der Waals surface area (Å²) in [6, 6.07) is 0. The van der Waals surface area contributed by atoms with E-state index in [0.717, 1.165) is 12.3 Å². The summed E-state index contributed by atoms with van der Waals surface area (Å²) in [6.07, 6.45) is 9.22. The molecule has 0 aliphatic carbocycles. The highest BCUT2D eigenvalue weighted by molar-refractivity contribution is 5.17. The number of unbranched alkanes of at least 4 members (excludes halogenated alkanes) is 2. The first-order valence-electron chi connectivity index (χ1n) is 5.25. The van der Waals surface area contributed by atoms with Crippen molar-refractivity contribution in [2.24, 2.45) is 5.92 Å². The van der Waals surface area contributed by atoms with Crippen molar-refractivity contribution in [1.82, 2.24) is 0 Å². The Balaban J connectivity index is 4.06. The van der Waals surface area contributed by atoms with Gasteiger partial charge in [-0.15, -0.1) is 5.73 Å². The molecular weight excluding hydrogens is 156 g/mol. The summed E-state index contributed by atoms with van der Waals surface area (Å²) < 4.78 is 0. The van der Waals surface area contributed by atoms with Crippen molar-refractivity contribution >= 4 is 0 Å². The second-order valence-corrected chi connectivity index (χ2v) is 3.87. The topological polar surface area (TPSA) is 0 Å². The van der Waals surface area contributed by atoms with Gasteiger partial charge in [-0.3, -0.25) is 0 Å². The molecule has 0 N–H and O–H groups in total. The van der Waals surface area contributed by atoms with Crippen molar-refractivity contribution in [2.45, 2.75) is 46.5 Å². The monoisotopic (exact) mass is 178 g/mol. The van der Waals surface area contributed by atoms with Crippen LogP contribution >= 0.6 is 0 Å². The number of hydrogen-bond donors (Lipinski definition) is 0. The summed E-state index contributed by atoms with van der Waals surface area (Å²) in [5.41, 5.74) is 4.24. The van der Waals surface area contributed by atoms with Crippen LogP contribution in [-0.2, 0) is 0 Å². The maximum absolute atomic E-state index is 3.61. The van der Waals surface area contributed by atoms with E-state index in [-0.39, 0.29) is 0 Å². The second kappa shape index (κ2) is 7.89. The largest absolute Gasteiger partial charge is 0.128 e. The van der Waals surface area contributed by atoms with Gasteiger partial charge in [0.25, 0.3) is 0 Å². The van der Waals surface area contributed by atoms with Gasteiger partial charge in [0.15, 0.2) is 0 Å². The molecule has 0 aromatic heterocycles. The van der Waals surface area contributed by atoms with Crippen LogP contribution < -0.4 is 0 Å². The Kier molecular flexibility index (Phi) is 7.44. The van der Waals surface area contributed by atoms with Gasteiger partial charge in [0.2, 0.25) is 0 Å². The molecule has 0 rings (SSSR count). The molecule has 0 radical (unpaired) electrons. The Morgan fingerprint density at radius 3 is 2.62 bits per heavy atom. The van der Waals surface area contributed by atoms with Gasteiger partial charge in [-0.25, -0.2) is 0 Å². The predicted molar refractivity (Wildman–Crippen MR) is 60.8 cm³/mol. The Morgan fingerprint density at radius 1 is 1.46 bits per heavy atom. The van der Waals surface area contributed by atoms with Crippen LogP contribution in [0.2, 0.25) is 0 Å². The maximum Gasteiger partial charge on any atom is -0.0177 e. The van der Waals surface area contributed by atoms with E-state index in [1.807, 2.05) is 6.08 Å². The van der Waals surface area contributed by atoms with E-state index in [2.05, 4.69) is 39.2 Å². The van der Waals surface area contributed by atoms with Crippen molar-refractivity contribution in [1.29, 1.82) is 0 Å². The molecule has 0 fully saturated rings. The average Bonchev–Trinajstić information content (AvgIpc) is 2.04. The lowest BCUT2D eigenvalue weighted by atomic mass is 10.0. The Hall–Kier alpha value is -0.740. The van der Waals surface area contributed by atoms with Crippen LogP contribution in [0.4, 0.5) is 0 Å². The van der Waals surface area contributed by atoms with Crippen LogP contribution in [0.1, 0.15) is 46.5 Å². The minimum atomic E-state index is 0.720. The molecule has 0 nitrogen and oxygen atoms in total. The van der Waals surface area contributed by atoms with Crippen molar-refractivity contribution in [3.05, 3.63) is 30.0 Å². The van der Waals surface area contributed by atoms with Crippen LogP contribution in [0.3, 0.4) is 0 Å². The fourth-order valence-corrected chi connectivity index (χ4v) is 1.30. The van der Waals surface area contributed by atoms with Gasteiger partial charge in [0, 0.05) is 0 Å². The standard InChI is InChI=1S/C13H22/c1-5-7-8-10-13(9-6-2)11-12(3)4/h9-10,12H,2,5,7-8,11H2,1,3-4H3. The first-order chi connectivity index (χ1) is 6.20. The number of rotatable bonds is 6. The Morgan fingerprint density at radius 2 is 2.15 bits per heavy atom. The number of hydrogen-bond acceptors (Lipinski definition) is 0. The summed E-state index contributed by atoms with van der Waals surface area (Å²) in [5.74, 6) is 0.720. The molecule has 0 aliphatic heterocycles. The van der Waals surface area contributed by atoms with E-state index >= 15 is 0 Å². The normalized spacial score (nSPS) is 11.5. The zero-order valence-electron chi connectivity index (χ0n) is 9.27. The van der Waals surface area contributed by atoms with E-state index < -0.39 is 0 Å². The third-order valence-electron chi connectivity index (χ3n) is 1.90. The van der Waals surface area contributed by atoms with Gasteiger partial charge >= 0.3 is 0 Å². The highest BCUT2D eigenvalue weighted by atomic mass is 14.0. The second-order valence-electron chi connectivity index (χ2n) is 3.87. The molecule has 13 heavy (non-hydrogen) atoms. The molecule has 0 unspecified atom stereocenters. The Bertz CT molecular complexity index is 190. The van der Waals surface area contributed by atoms with E-state index in [1.165, 1.54) is 24.8 Å². The molecule has 0 saturated heterocycles. The third kappa shape index (κ3) is 7.62. The molecule has 0 spiro atoms. The van der Waals surface area contributed by atoms with E-state index in [1.54, 1.807) is 0 Å². The molecule has 0 saturated carbocycles. The Labute approximate surface area is 83.0 Å². The molecule has 0 aliphatic rings. The lowest BCUT2D eigenvalue weighted by Crippen LogP contribution is -1.89. The molecule has 0 heteroatoms. The summed E-state index contributed by atoms with van der Waals surface area (Å²) in [7, 11) is 0. The zero-order valence-corrected chi connectivity index (χ0v) is 9.27. The number of allylic oxidation sites excluding steroid dienone is 3. The molecular formula is C13H22. The SMILES string of the molecule is C=C=CC(=CCCCC)CC(C)C. The van der Waals surface area contributed by atoms with Gasteiger partial charge in [0.1, 0.15) is 0 Å². The van der Waals surface area contributed by atoms with E-state index in [9.17, 15) is 0 Å². The predicted octanol–water partition coefficient (Wildman–Crippen LogP) is 4.49. The minimum absolute atomic E-state index is 0.720. The van der Waals surface area contributed by atoms with Crippen molar-refractivity contribution in [3.63, 3.8) is 0 Å². The summed E-state index contributed by atoms with van der Waals surface area (Å²) in [4.78, 5) is 0. The summed E-state index contributed by atoms with van der Waals surface area (Å²) >= 11 is 0. The third-order valence-corrected chi connectivity index (χ3v) is 1.90. The highest BCUT2D eigenvalue weighted by Gasteiger charge is 1.96. The fraction of sp³-hybridized carbons (Fsp3) is 0.615. The van der Waals surface area contributed by atoms with Crippen LogP contribution in [0.25, 0.3) is 0 Å². The highest BCUT2D eigenvalue weighted by Crippen LogP contribution is 2.13. The molecule has 74 valence electrons.